The van der Waals surface area contributed by atoms with Gasteiger partial charge in [0.1, 0.15) is 4.83 Å². The summed E-state index contributed by atoms with van der Waals surface area (Å²) >= 11 is 1.32. The van der Waals surface area contributed by atoms with Crippen molar-refractivity contribution in [2.75, 3.05) is 0 Å². The van der Waals surface area contributed by atoms with Crippen LogP contribution in [-0.4, -0.2) is 20.4 Å². The lowest BCUT2D eigenvalue weighted by atomic mass is 10.0. The van der Waals surface area contributed by atoms with E-state index >= 15 is 0 Å². The molecule has 0 saturated carbocycles. The summed E-state index contributed by atoms with van der Waals surface area (Å²) in [7, 11) is 1.69. The van der Waals surface area contributed by atoms with Gasteiger partial charge >= 0.3 is 0 Å². The molecule has 32 heavy (non-hydrogen) atoms. The molecule has 0 aliphatic heterocycles. The Morgan fingerprint density at radius 1 is 1.16 bits per heavy atom. The zero-order valence-electron chi connectivity index (χ0n) is 18.5. The zero-order chi connectivity index (χ0) is 22.4. The summed E-state index contributed by atoms with van der Waals surface area (Å²) in [5.74, 6) is -0.0326. The second kappa shape index (κ2) is 8.02. The molecular weight excluding hydrogens is 418 g/mol. The summed E-state index contributed by atoms with van der Waals surface area (Å²) in [5.41, 5.74) is 5.44. The van der Waals surface area contributed by atoms with Gasteiger partial charge in [0.25, 0.3) is 11.5 Å². The van der Waals surface area contributed by atoms with Crippen molar-refractivity contribution in [3.05, 3.63) is 97.9 Å². The molecule has 1 aliphatic rings. The number of thiophene rings is 1. The van der Waals surface area contributed by atoms with Crippen molar-refractivity contribution >= 4 is 27.5 Å². The maximum absolute atomic E-state index is 14.0. The number of fused-ring (bicyclic) bond motifs is 2. The average Bonchev–Trinajstić information content (AvgIpc) is 3.37. The van der Waals surface area contributed by atoms with E-state index in [0.717, 1.165) is 24.0 Å². The first-order valence-electron chi connectivity index (χ1n) is 10.8. The molecule has 0 N–H and O–H groups in total. The van der Waals surface area contributed by atoms with Crippen molar-refractivity contribution in [2.24, 2.45) is 7.05 Å². The molecule has 2 heterocycles. The molecule has 0 bridgehead atoms. The number of aromatic nitrogens is 2. The number of carbonyl (C=O) groups is 1. The number of amides is 1. The summed E-state index contributed by atoms with van der Waals surface area (Å²) in [5, 5.41) is 0.547. The van der Waals surface area contributed by atoms with Crippen LogP contribution >= 0.6 is 11.3 Å². The minimum Gasteiger partial charge on any atom is -0.327 e. The van der Waals surface area contributed by atoms with Crippen LogP contribution < -0.4 is 5.56 Å². The molecule has 2 aromatic carbocycles. The fourth-order valence-corrected chi connectivity index (χ4v) is 5.71. The maximum Gasteiger partial charge on any atom is 0.265 e. The molecule has 5 nitrogen and oxygen atoms in total. The molecular formula is C26H25N3O2S. The molecule has 1 amide bonds. The highest BCUT2D eigenvalue weighted by Gasteiger charge is 2.33. The lowest BCUT2D eigenvalue weighted by Gasteiger charge is -2.30. The number of hydrogen-bond donors (Lipinski definition) is 0. The maximum atomic E-state index is 14.0. The second-order valence-corrected chi connectivity index (χ2v) is 9.57. The molecule has 6 heteroatoms. The first kappa shape index (κ1) is 20.6. The van der Waals surface area contributed by atoms with Gasteiger partial charge in [0, 0.05) is 13.6 Å². The predicted molar refractivity (Wildman–Crippen MR) is 128 cm³/mol. The molecule has 0 spiro atoms. The Morgan fingerprint density at radius 2 is 1.91 bits per heavy atom. The Labute approximate surface area is 191 Å². The molecule has 0 fully saturated rings. The summed E-state index contributed by atoms with van der Waals surface area (Å²) in [6.07, 6.45) is 3.39. The Balaban J connectivity index is 1.60. The van der Waals surface area contributed by atoms with E-state index in [2.05, 4.69) is 54.4 Å². The summed E-state index contributed by atoms with van der Waals surface area (Å²) in [6, 6.07) is 16.8. The molecule has 4 aromatic rings. The molecule has 1 aliphatic carbocycles. The lowest BCUT2D eigenvalue weighted by Crippen LogP contribution is -2.33. The minimum absolute atomic E-state index is 0.0143. The van der Waals surface area contributed by atoms with Gasteiger partial charge in [-0.25, -0.2) is 4.98 Å². The predicted octanol–water partition coefficient (Wildman–Crippen LogP) is 4.94. The quantitative estimate of drug-likeness (QED) is 0.449. The SMILES string of the molecule is Cc1ccc(CN(C(=O)c2sc3ncn(C)c(=O)c3c2C)C2CCc3ccccc32)cc1. The number of nitrogens with zero attached hydrogens (tertiary/aromatic N) is 3. The standard InChI is InChI=1S/C26H25N3O2S/c1-16-8-10-18(11-9-16)14-29(21-13-12-19-6-4-5-7-20(19)21)26(31)23-17(2)22-24(32-23)27-15-28(3)25(22)30/h4-11,15,21H,12-14H2,1-3H3. The van der Waals surface area contributed by atoms with E-state index in [4.69, 9.17) is 0 Å². The monoisotopic (exact) mass is 443 g/mol. The first-order valence-corrected chi connectivity index (χ1v) is 11.6. The van der Waals surface area contributed by atoms with Crippen molar-refractivity contribution in [1.82, 2.24) is 14.5 Å². The van der Waals surface area contributed by atoms with Crippen molar-refractivity contribution in [3.63, 3.8) is 0 Å². The molecule has 5 rings (SSSR count). The van der Waals surface area contributed by atoms with Crippen LogP contribution in [0, 0.1) is 13.8 Å². The summed E-state index contributed by atoms with van der Waals surface area (Å²) in [4.78, 5) is 34.3. The van der Waals surface area contributed by atoms with E-state index in [1.54, 1.807) is 7.05 Å². The second-order valence-electron chi connectivity index (χ2n) is 8.57. The van der Waals surface area contributed by atoms with Crippen molar-refractivity contribution in [2.45, 2.75) is 39.3 Å². The van der Waals surface area contributed by atoms with Crippen molar-refractivity contribution in [3.8, 4) is 0 Å². The van der Waals surface area contributed by atoms with Crippen LogP contribution in [0.2, 0.25) is 0 Å². The van der Waals surface area contributed by atoms with Crippen LogP contribution in [-0.2, 0) is 20.0 Å². The van der Waals surface area contributed by atoms with Gasteiger partial charge in [-0.05, 0) is 48.9 Å². The molecule has 2 aromatic heterocycles. The molecule has 1 unspecified atom stereocenters. The first-order chi connectivity index (χ1) is 15.4. The topological polar surface area (TPSA) is 55.2 Å². The highest BCUT2D eigenvalue weighted by Crippen LogP contribution is 2.39. The van der Waals surface area contributed by atoms with Crippen LogP contribution in [0.4, 0.5) is 0 Å². The summed E-state index contributed by atoms with van der Waals surface area (Å²) < 4.78 is 1.47. The van der Waals surface area contributed by atoms with Gasteiger partial charge in [-0.1, -0.05) is 54.1 Å². The Morgan fingerprint density at radius 3 is 2.69 bits per heavy atom. The third kappa shape index (κ3) is 3.45. The van der Waals surface area contributed by atoms with E-state index in [-0.39, 0.29) is 17.5 Å². The van der Waals surface area contributed by atoms with Crippen molar-refractivity contribution < 1.29 is 4.79 Å². The van der Waals surface area contributed by atoms with E-state index in [1.165, 1.54) is 38.9 Å². The Kier molecular flexibility index (Phi) is 5.18. The molecule has 162 valence electrons. The van der Waals surface area contributed by atoms with Gasteiger partial charge < -0.3 is 9.47 Å². The zero-order valence-corrected chi connectivity index (χ0v) is 19.3. The van der Waals surface area contributed by atoms with Gasteiger partial charge in [0.2, 0.25) is 0 Å². The van der Waals surface area contributed by atoms with E-state index in [1.807, 2.05) is 17.9 Å². The molecule has 0 radical (unpaired) electrons. The minimum atomic E-state index is -0.112. The third-order valence-electron chi connectivity index (χ3n) is 6.42. The van der Waals surface area contributed by atoms with Gasteiger partial charge in [-0.15, -0.1) is 11.3 Å². The molecule has 0 saturated heterocycles. The van der Waals surface area contributed by atoms with Crippen LogP contribution in [0.3, 0.4) is 0 Å². The molecule has 1 atom stereocenters. The van der Waals surface area contributed by atoms with E-state index in [9.17, 15) is 9.59 Å². The van der Waals surface area contributed by atoms with Gasteiger partial charge in [-0.2, -0.15) is 0 Å². The fraction of sp³-hybridized carbons (Fsp3) is 0.269. The highest BCUT2D eigenvalue weighted by atomic mass is 32.1. The van der Waals surface area contributed by atoms with E-state index < -0.39 is 0 Å². The van der Waals surface area contributed by atoms with E-state index in [0.29, 0.717) is 21.6 Å². The Hall–Kier alpha value is -3.25. The van der Waals surface area contributed by atoms with Crippen LogP contribution in [0.25, 0.3) is 10.2 Å². The van der Waals surface area contributed by atoms with Gasteiger partial charge in [-0.3, -0.25) is 9.59 Å². The number of carbonyl (C=O) groups excluding carboxylic acids is 1. The summed E-state index contributed by atoms with van der Waals surface area (Å²) in [6.45, 7) is 4.45. The van der Waals surface area contributed by atoms with Gasteiger partial charge in [0.15, 0.2) is 0 Å². The van der Waals surface area contributed by atoms with Crippen LogP contribution in [0.5, 0.6) is 0 Å². The third-order valence-corrected chi connectivity index (χ3v) is 7.60. The largest absolute Gasteiger partial charge is 0.327 e. The average molecular weight is 444 g/mol. The smallest absolute Gasteiger partial charge is 0.265 e. The number of rotatable bonds is 4. The Bertz CT molecular complexity index is 1380. The normalized spacial score (nSPS) is 15.2. The van der Waals surface area contributed by atoms with Crippen LogP contribution in [0.1, 0.15) is 50.0 Å². The van der Waals surface area contributed by atoms with Crippen LogP contribution in [0.15, 0.2) is 59.7 Å². The van der Waals surface area contributed by atoms with Gasteiger partial charge in [0.05, 0.1) is 22.6 Å². The highest BCUT2D eigenvalue weighted by molar-refractivity contribution is 7.20. The number of aryl methyl sites for hydroxylation is 4. The lowest BCUT2D eigenvalue weighted by molar-refractivity contribution is 0.0663. The fourth-order valence-electron chi connectivity index (χ4n) is 4.62. The number of hydrogen-bond acceptors (Lipinski definition) is 4. The number of benzene rings is 2. The van der Waals surface area contributed by atoms with Crippen molar-refractivity contribution in [1.29, 1.82) is 0 Å².